The number of thiophene rings is 1. The Balaban J connectivity index is 1.80. The second-order valence-electron chi connectivity index (χ2n) is 5.48. The van der Waals surface area contributed by atoms with Gasteiger partial charge in [-0.3, -0.25) is 9.89 Å². The highest BCUT2D eigenvalue weighted by atomic mass is 32.1. The van der Waals surface area contributed by atoms with Crippen LogP contribution in [0, 0.1) is 6.92 Å². The fraction of sp³-hybridized carbons (Fsp3) is 0.312. The van der Waals surface area contributed by atoms with Gasteiger partial charge < -0.3 is 14.6 Å². The van der Waals surface area contributed by atoms with Crippen molar-refractivity contribution >= 4 is 17.2 Å². The number of nitrogens with one attached hydrogen (secondary N) is 1. The van der Waals surface area contributed by atoms with Crippen molar-refractivity contribution in [3.8, 4) is 10.6 Å². The Morgan fingerprint density at radius 1 is 1.46 bits per heavy atom. The average molecular weight is 345 g/mol. The number of carbonyl (C=O) groups excluding carboxylic acids is 1. The summed E-state index contributed by atoms with van der Waals surface area (Å²) in [6.45, 7) is 2.47. The fourth-order valence-electron chi connectivity index (χ4n) is 2.39. The van der Waals surface area contributed by atoms with E-state index in [2.05, 4.69) is 15.2 Å². The van der Waals surface area contributed by atoms with Crippen molar-refractivity contribution in [1.29, 1.82) is 0 Å². The maximum absolute atomic E-state index is 12.7. The molecule has 0 radical (unpaired) electrons. The monoisotopic (exact) mass is 345 g/mol. The molecule has 24 heavy (non-hydrogen) atoms. The van der Waals surface area contributed by atoms with Gasteiger partial charge in [0.2, 0.25) is 0 Å². The van der Waals surface area contributed by atoms with Crippen LogP contribution in [-0.2, 0) is 13.6 Å². The third kappa shape index (κ3) is 3.39. The van der Waals surface area contributed by atoms with E-state index in [4.69, 9.17) is 0 Å². The summed E-state index contributed by atoms with van der Waals surface area (Å²) in [5, 5.41) is 16.3. The van der Waals surface area contributed by atoms with Crippen molar-refractivity contribution in [3.05, 3.63) is 47.0 Å². The lowest BCUT2D eigenvalue weighted by atomic mass is 10.3. The van der Waals surface area contributed by atoms with Crippen molar-refractivity contribution in [2.75, 3.05) is 13.2 Å². The van der Waals surface area contributed by atoms with Crippen LogP contribution >= 0.6 is 11.3 Å². The zero-order valence-electron chi connectivity index (χ0n) is 13.6. The van der Waals surface area contributed by atoms with Crippen LogP contribution in [0.4, 0.5) is 0 Å². The summed E-state index contributed by atoms with van der Waals surface area (Å²) in [5.41, 5.74) is 1.15. The number of H-pyrrole nitrogens is 1. The average Bonchev–Trinajstić information content (AvgIpc) is 3.28. The van der Waals surface area contributed by atoms with E-state index in [1.54, 1.807) is 28.5 Å². The zero-order valence-corrected chi connectivity index (χ0v) is 14.4. The SMILES string of the molecule is Cc1ccc(-c2cc(C(=O)N(CCO)Cc3nccn3C)n[nH]2)s1. The van der Waals surface area contributed by atoms with E-state index in [0.717, 1.165) is 16.4 Å². The Bertz CT molecular complexity index is 835. The van der Waals surface area contributed by atoms with E-state index in [1.165, 1.54) is 4.88 Å². The molecule has 0 spiro atoms. The summed E-state index contributed by atoms with van der Waals surface area (Å²) >= 11 is 1.64. The second-order valence-corrected chi connectivity index (χ2v) is 6.77. The first-order valence-electron chi connectivity index (χ1n) is 7.57. The summed E-state index contributed by atoms with van der Waals surface area (Å²) in [7, 11) is 1.87. The van der Waals surface area contributed by atoms with Gasteiger partial charge in [0, 0.05) is 30.9 Å². The lowest BCUT2D eigenvalue weighted by molar-refractivity contribution is 0.0695. The van der Waals surface area contributed by atoms with E-state index in [0.29, 0.717) is 12.2 Å². The molecule has 0 saturated carbocycles. The van der Waals surface area contributed by atoms with Crippen molar-refractivity contribution < 1.29 is 9.90 Å². The van der Waals surface area contributed by atoms with Gasteiger partial charge in [-0.15, -0.1) is 11.3 Å². The first-order chi connectivity index (χ1) is 11.6. The summed E-state index contributed by atoms with van der Waals surface area (Å²) in [4.78, 5) is 20.7. The number of aromatic amines is 1. The van der Waals surface area contributed by atoms with Gasteiger partial charge >= 0.3 is 0 Å². The molecule has 0 unspecified atom stereocenters. The van der Waals surface area contributed by atoms with Crippen molar-refractivity contribution in [2.45, 2.75) is 13.5 Å². The molecule has 126 valence electrons. The first-order valence-corrected chi connectivity index (χ1v) is 8.38. The molecule has 0 aliphatic rings. The fourth-order valence-corrected chi connectivity index (χ4v) is 3.23. The molecule has 0 bridgehead atoms. The maximum Gasteiger partial charge on any atom is 0.274 e. The Hall–Kier alpha value is -2.45. The van der Waals surface area contributed by atoms with Crippen LogP contribution in [-0.4, -0.2) is 48.8 Å². The van der Waals surface area contributed by atoms with Gasteiger partial charge in [0.05, 0.1) is 23.7 Å². The quantitative estimate of drug-likeness (QED) is 0.713. The van der Waals surface area contributed by atoms with Crippen LogP contribution in [0.2, 0.25) is 0 Å². The predicted octanol–water partition coefficient (Wildman–Crippen LogP) is 1.81. The highest BCUT2D eigenvalue weighted by Crippen LogP contribution is 2.26. The first kappa shape index (κ1) is 16.4. The molecule has 1 amide bonds. The van der Waals surface area contributed by atoms with Gasteiger partial charge in [-0.05, 0) is 25.1 Å². The Labute approximate surface area is 143 Å². The van der Waals surface area contributed by atoms with E-state index in [1.807, 2.05) is 36.9 Å². The molecule has 3 aromatic rings. The third-order valence-electron chi connectivity index (χ3n) is 3.71. The number of aliphatic hydroxyl groups is 1. The highest BCUT2D eigenvalue weighted by molar-refractivity contribution is 7.15. The number of aryl methyl sites for hydroxylation is 2. The number of rotatable bonds is 6. The van der Waals surface area contributed by atoms with Gasteiger partial charge in [-0.2, -0.15) is 5.10 Å². The normalized spacial score (nSPS) is 11.0. The number of carbonyl (C=O) groups is 1. The second kappa shape index (κ2) is 6.98. The molecule has 0 aliphatic carbocycles. The molecule has 3 aromatic heterocycles. The number of hydrogen-bond donors (Lipinski definition) is 2. The van der Waals surface area contributed by atoms with Crippen molar-refractivity contribution in [3.63, 3.8) is 0 Å². The minimum Gasteiger partial charge on any atom is -0.395 e. The molecule has 0 aromatic carbocycles. The van der Waals surface area contributed by atoms with Gasteiger partial charge in [0.1, 0.15) is 5.82 Å². The molecule has 0 atom stereocenters. The lowest BCUT2D eigenvalue weighted by Gasteiger charge is -2.20. The van der Waals surface area contributed by atoms with Gasteiger partial charge in [-0.25, -0.2) is 4.98 Å². The number of amides is 1. The van der Waals surface area contributed by atoms with E-state index < -0.39 is 0 Å². The number of nitrogens with zero attached hydrogens (tertiary/aromatic N) is 4. The van der Waals surface area contributed by atoms with Gasteiger partial charge in [0.25, 0.3) is 5.91 Å². The molecule has 3 rings (SSSR count). The largest absolute Gasteiger partial charge is 0.395 e. The minimum atomic E-state index is -0.233. The van der Waals surface area contributed by atoms with E-state index in [-0.39, 0.29) is 19.1 Å². The maximum atomic E-state index is 12.7. The third-order valence-corrected chi connectivity index (χ3v) is 4.75. The molecule has 7 nitrogen and oxygen atoms in total. The molecule has 0 aliphatic heterocycles. The Morgan fingerprint density at radius 3 is 2.92 bits per heavy atom. The van der Waals surface area contributed by atoms with Crippen molar-refractivity contribution in [2.24, 2.45) is 7.05 Å². The molecular weight excluding hydrogens is 326 g/mol. The van der Waals surface area contributed by atoms with Crippen LogP contribution in [0.1, 0.15) is 21.2 Å². The summed E-state index contributed by atoms with van der Waals surface area (Å²) in [6.07, 6.45) is 3.51. The Morgan fingerprint density at radius 2 is 2.29 bits per heavy atom. The highest BCUT2D eigenvalue weighted by Gasteiger charge is 2.20. The molecule has 2 N–H and O–H groups in total. The predicted molar refractivity (Wildman–Crippen MR) is 91.7 cm³/mol. The molecule has 0 saturated heterocycles. The smallest absolute Gasteiger partial charge is 0.274 e. The van der Waals surface area contributed by atoms with Gasteiger partial charge in [-0.1, -0.05) is 0 Å². The molecule has 8 heteroatoms. The van der Waals surface area contributed by atoms with E-state index >= 15 is 0 Å². The number of aliphatic hydroxyl groups excluding tert-OH is 1. The minimum absolute atomic E-state index is 0.114. The number of hydrogen-bond acceptors (Lipinski definition) is 5. The van der Waals surface area contributed by atoms with Gasteiger partial charge in [0.15, 0.2) is 5.69 Å². The molecule has 0 fully saturated rings. The number of aromatic nitrogens is 4. The van der Waals surface area contributed by atoms with Crippen LogP contribution < -0.4 is 0 Å². The van der Waals surface area contributed by atoms with E-state index in [9.17, 15) is 9.90 Å². The Kier molecular flexibility index (Phi) is 4.77. The topological polar surface area (TPSA) is 87.0 Å². The lowest BCUT2D eigenvalue weighted by Crippen LogP contribution is -2.34. The van der Waals surface area contributed by atoms with Crippen LogP contribution in [0.3, 0.4) is 0 Å². The standard InChI is InChI=1S/C16H19N5O2S/c1-11-3-4-14(24-11)12-9-13(19-18-12)16(23)21(7-8-22)10-15-17-5-6-20(15)2/h3-6,9,22H,7-8,10H2,1-2H3,(H,18,19). The van der Waals surface area contributed by atoms with Crippen LogP contribution in [0.15, 0.2) is 30.6 Å². The molecular formula is C16H19N5O2S. The summed E-state index contributed by atoms with van der Waals surface area (Å²) in [5.74, 6) is 0.518. The zero-order chi connectivity index (χ0) is 17.1. The number of imidazole rings is 1. The molecule has 3 heterocycles. The summed E-state index contributed by atoms with van der Waals surface area (Å²) in [6, 6.07) is 5.78. The van der Waals surface area contributed by atoms with Crippen molar-refractivity contribution in [1.82, 2.24) is 24.6 Å². The van der Waals surface area contributed by atoms with Crippen LogP contribution in [0.25, 0.3) is 10.6 Å². The summed E-state index contributed by atoms with van der Waals surface area (Å²) < 4.78 is 1.85. The van der Waals surface area contributed by atoms with Crippen LogP contribution in [0.5, 0.6) is 0 Å².